The molecule has 2 N–H and O–H groups in total. The zero-order chi connectivity index (χ0) is 22.5. The van der Waals surface area contributed by atoms with Crippen molar-refractivity contribution in [1.82, 2.24) is 14.7 Å². The summed E-state index contributed by atoms with van der Waals surface area (Å²) in [7, 11) is 1.74. The standard InChI is InChI=1S/C24H29N5O2/c1-16-7-10-20(11-8-16)25-23(30)14-28(5)15-24(31)26-22-13-19(4)27-29(22)21-12-17(2)6-9-18(21)3/h6-13H,14-15H2,1-5H3,(H,25,30)(H,26,31). The maximum atomic E-state index is 12.6. The molecule has 0 aliphatic rings. The van der Waals surface area contributed by atoms with Gasteiger partial charge in [-0.25, -0.2) is 4.68 Å². The first kappa shape index (κ1) is 22.2. The molecule has 0 radical (unpaired) electrons. The SMILES string of the molecule is Cc1ccc(NC(=O)CN(C)CC(=O)Nc2cc(C)nn2-c2cc(C)ccc2C)cc1. The van der Waals surface area contributed by atoms with Gasteiger partial charge in [0.15, 0.2) is 0 Å². The molecule has 2 amide bonds. The van der Waals surface area contributed by atoms with Crippen molar-refractivity contribution in [1.29, 1.82) is 0 Å². The third-order valence-corrected chi connectivity index (χ3v) is 4.85. The fourth-order valence-corrected chi connectivity index (χ4v) is 3.29. The summed E-state index contributed by atoms with van der Waals surface area (Å²) in [5.74, 6) is 0.223. The number of carbonyl (C=O) groups is 2. The maximum Gasteiger partial charge on any atom is 0.239 e. The smallest absolute Gasteiger partial charge is 0.239 e. The predicted octanol–water partition coefficient (Wildman–Crippen LogP) is 3.61. The minimum atomic E-state index is -0.211. The van der Waals surface area contributed by atoms with Gasteiger partial charge in [-0.2, -0.15) is 5.10 Å². The third kappa shape index (κ3) is 6.02. The van der Waals surface area contributed by atoms with Crippen LogP contribution in [0.3, 0.4) is 0 Å². The Morgan fingerprint density at radius 2 is 1.48 bits per heavy atom. The molecule has 0 spiro atoms. The van der Waals surface area contributed by atoms with Gasteiger partial charge in [0.2, 0.25) is 11.8 Å². The minimum Gasteiger partial charge on any atom is -0.325 e. The van der Waals surface area contributed by atoms with Crippen LogP contribution in [0.25, 0.3) is 5.69 Å². The Morgan fingerprint density at radius 1 is 0.871 bits per heavy atom. The first-order valence-electron chi connectivity index (χ1n) is 10.2. The molecule has 162 valence electrons. The summed E-state index contributed by atoms with van der Waals surface area (Å²) in [5.41, 5.74) is 5.78. The molecule has 0 bridgehead atoms. The van der Waals surface area contributed by atoms with E-state index >= 15 is 0 Å². The van der Waals surface area contributed by atoms with Crippen molar-refractivity contribution in [3.63, 3.8) is 0 Å². The molecule has 1 aromatic heterocycles. The second-order valence-electron chi connectivity index (χ2n) is 8.01. The lowest BCUT2D eigenvalue weighted by Crippen LogP contribution is -2.36. The van der Waals surface area contributed by atoms with Gasteiger partial charge in [-0.1, -0.05) is 29.8 Å². The molecule has 1 heterocycles. The molecule has 3 rings (SSSR count). The lowest BCUT2D eigenvalue weighted by Gasteiger charge is -2.17. The van der Waals surface area contributed by atoms with E-state index in [-0.39, 0.29) is 24.9 Å². The molecule has 0 fully saturated rings. The summed E-state index contributed by atoms with van der Waals surface area (Å²) in [4.78, 5) is 26.6. The van der Waals surface area contributed by atoms with E-state index in [1.54, 1.807) is 16.6 Å². The fourth-order valence-electron chi connectivity index (χ4n) is 3.29. The largest absolute Gasteiger partial charge is 0.325 e. The number of hydrogen-bond acceptors (Lipinski definition) is 4. The van der Waals surface area contributed by atoms with Crippen LogP contribution in [0.4, 0.5) is 11.5 Å². The van der Waals surface area contributed by atoms with Crippen molar-refractivity contribution in [3.8, 4) is 5.69 Å². The van der Waals surface area contributed by atoms with Gasteiger partial charge in [0.05, 0.1) is 24.5 Å². The quantitative estimate of drug-likeness (QED) is 0.613. The van der Waals surface area contributed by atoms with Gasteiger partial charge in [0.1, 0.15) is 5.82 Å². The average molecular weight is 420 g/mol. The number of anilines is 2. The maximum absolute atomic E-state index is 12.6. The summed E-state index contributed by atoms with van der Waals surface area (Å²) >= 11 is 0. The van der Waals surface area contributed by atoms with Crippen LogP contribution >= 0.6 is 0 Å². The summed E-state index contributed by atoms with van der Waals surface area (Å²) < 4.78 is 1.75. The van der Waals surface area contributed by atoms with Crippen molar-refractivity contribution >= 4 is 23.3 Å². The number of amides is 2. The molecular weight excluding hydrogens is 390 g/mol. The van der Waals surface area contributed by atoms with Gasteiger partial charge in [0, 0.05) is 11.8 Å². The van der Waals surface area contributed by atoms with Crippen molar-refractivity contribution < 1.29 is 9.59 Å². The fraction of sp³-hybridized carbons (Fsp3) is 0.292. The van der Waals surface area contributed by atoms with Crippen molar-refractivity contribution in [2.45, 2.75) is 27.7 Å². The Bertz CT molecular complexity index is 1090. The Kier molecular flexibility index (Phi) is 6.87. The molecule has 0 aliphatic carbocycles. The molecule has 0 aliphatic heterocycles. The normalized spacial score (nSPS) is 10.9. The Hall–Kier alpha value is -3.45. The van der Waals surface area contributed by atoms with E-state index in [4.69, 9.17) is 0 Å². The number of aromatic nitrogens is 2. The van der Waals surface area contributed by atoms with E-state index in [9.17, 15) is 9.59 Å². The first-order valence-corrected chi connectivity index (χ1v) is 10.2. The first-order chi connectivity index (χ1) is 14.7. The average Bonchev–Trinajstić information content (AvgIpc) is 3.05. The lowest BCUT2D eigenvalue weighted by molar-refractivity contribution is -0.119. The number of benzene rings is 2. The van der Waals surface area contributed by atoms with Crippen LogP contribution in [0.2, 0.25) is 0 Å². The molecule has 0 unspecified atom stereocenters. The highest BCUT2D eigenvalue weighted by Crippen LogP contribution is 2.21. The Balaban J connectivity index is 1.61. The topological polar surface area (TPSA) is 79.3 Å². The van der Waals surface area contributed by atoms with Crippen LogP contribution < -0.4 is 10.6 Å². The number of nitrogens with zero attached hydrogens (tertiary/aromatic N) is 3. The van der Waals surface area contributed by atoms with Crippen molar-refractivity contribution in [2.75, 3.05) is 30.8 Å². The van der Waals surface area contributed by atoms with Crippen LogP contribution in [-0.2, 0) is 9.59 Å². The lowest BCUT2D eigenvalue weighted by atomic mass is 10.1. The molecule has 3 aromatic rings. The Labute approximate surface area is 183 Å². The number of carbonyl (C=O) groups excluding carboxylic acids is 2. The highest BCUT2D eigenvalue weighted by Gasteiger charge is 2.15. The molecule has 7 nitrogen and oxygen atoms in total. The molecule has 31 heavy (non-hydrogen) atoms. The number of nitrogens with one attached hydrogen (secondary N) is 2. The summed E-state index contributed by atoms with van der Waals surface area (Å²) in [6, 6.07) is 15.6. The molecular formula is C24H29N5O2. The summed E-state index contributed by atoms with van der Waals surface area (Å²) in [6.45, 7) is 8.10. The summed E-state index contributed by atoms with van der Waals surface area (Å²) in [5, 5.41) is 10.3. The predicted molar refractivity (Wildman–Crippen MR) is 124 cm³/mol. The molecule has 2 aromatic carbocycles. The number of aryl methyl sites for hydroxylation is 4. The minimum absolute atomic E-state index is 0.0817. The number of likely N-dealkylation sites (N-methyl/N-ethyl adjacent to an activating group) is 1. The zero-order valence-electron chi connectivity index (χ0n) is 18.7. The van der Waals surface area contributed by atoms with Gasteiger partial charge in [-0.05, 0) is 64.1 Å². The zero-order valence-corrected chi connectivity index (χ0v) is 18.7. The highest BCUT2D eigenvalue weighted by molar-refractivity contribution is 5.94. The van der Waals surface area contributed by atoms with Crippen LogP contribution in [0, 0.1) is 27.7 Å². The second kappa shape index (κ2) is 9.57. The van der Waals surface area contributed by atoms with Crippen LogP contribution in [0.1, 0.15) is 22.4 Å². The van der Waals surface area contributed by atoms with Gasteiger partial charge in [-0.3, -0.25) is 14.5 Å². The van der Waals surface area contributed by atoms with E-state index < -0.39 is 0 Å². The number of hydrogen-bond donors (Lipinski definition) is 2. The van der Waals surface area contributed by atoms with Gasteiger partial charge in [-0.15, -0.1) is 0 Å². The summed E-state index contributed by atoms with van der Waals surface area (Å²) in [6.07, 6.45) is 0. The third-order valence-electron chi connectivity index (χ3n) is 4.85. The van der Waals surface area contributed by atoms with E-state index in [2.05, 4.69) is 15.7 Å². The van der Waals surface area contributed by atoms with E-state index in [1.165, 1.54) is 0 Å². The monoisotopic (exact) mass is 419 g/mol. The van der Waals surface area contributed by atoms with Crippen molar-refractivity contribution in [2.24, 2.45) is 0 Å². The van der Waals surface area contributed by atoms with E-state index in [0.29, 0.717) is 5.82 Å². The van der Waals surface area contributed by atoms with Crippen LogP contribution in [-0.4, -0.2) is 46.6 Å². The van der Waals surface area contributed by atoms with Crippen LogP contribution in [0.15, 0.2) is 48.5 Å². The Morgan fingerprint density at radius 3 is 2.16 bits per heavy atom. The van der Waals surface area contributed by atoms with Gasteiger partial charge >= 0.3 is 0 Å². The van der Waals surface area contributed by atoms with E-state index in [1.807, 2.05) is 76.2 Å². The molecule has 0 saturated heterocycles. The van der Waals surface area contributed by atoms with Gasteiger partial charge in [0.25, 0.3) is 0 Å². The van der Waals surface area contributed by atoms with Crippen LogP contribution in [0.5, 0.6) is 0 Å². The van der Waals surface area contributed by atoms with Crippen molar-refractivity contribution in [3.05, 3.63) is 70.9 Å². The highest BCUT2D eigenvalue weighted by atomic mass is 16.2. The second-order valence-corrected chi connectivity index (χ2v) is 8.01. The molecule has 0 atom stereocenters. The van der Waals surface area contributed by atoms with E-state index in [0.717, 1.165) is 33.8 Å². The van der Waals surface area contributed by atoms with Gasteiger partial charge < -0.3 is 10.6 Å². The molecule has 0 saturated carbocycles. The number of rotatable bonds is 7. The molecule has 7 heteroatoms.